The molecule has 12 heavy (non-hydrogen) atoms. The van der Waals surface area contributed by atoms with Crippen molar-refractivity contribution in [2.24, 2.45) is 0 Å². The quantitative estimate of drug-likeness (QED) is 0.393. The minimum atomic E-state index is 0.806. The molecule has 0 aliphatic heterocycles. The van der Waals surface area contributed by atoms with E-state index in [1.165, 1.54) is 0 Å². The van der Waals surface area contributed by atoms with Gasteiger partial charge in [0.25, 0.3) is 0 Å². The molecule has 0 bridgehead atoms. The molecule has 0 aliphatic carbocycles. The summed E-state index contributed by atoms with van der Waals surface area (Å²) in [5.74, 6) is 0. The van der Waals surface area contributed by atoms with Crippen LogP contribution >= 0.6 is 0 Å². The van der Waals surface area contributed by atoms with Gasteiger partial charge in [-0.05, 0) is 26.4 Å². The Morgan fingerprint density at radius 3 is 2.42 bits per heavy atom. The molecule has 72 valence electrons. The first-order valence-corrected chi connectivity index (χ1v) is 5.38. The largest absolute Gasteiger partial charge is 0.393 e. The van der Waals surface area contributed by atoms with Gasteiger partial charge in [0.2, 0.25) is 0 Å². The third-order valence-corrected chi connectivity index (χ3v) is 1.98. The number of methoxy groups -OCH3 is 1. The van der Waals surface area contributed by atoms with E-state index in [0.717, 1.165) is 55.7 Å². The summed E-state index contributed by atoms with van der Waals surface area (Å²) in [6.07, 6.45) is 2.15. The molecule has 0 heterocycles. The molecule has 0 aliphatic rings. The second kappa shape index (κ2) is 9.50. The molecule has 0 spiro atoms. The van der Waals surface area contributed by atoms with Crippen LogP contribution in [0, 0.1) is 0 Å². The van der Waals surface area contributed by atoms with Crippen LogP contribution in [0.3, 0.4) is 0 Å². The van der Waals surface area contributed by atoms with Crippen molar-refractivity contribution in [1.82, 2.24) is 3.88 Å². The minimum absolute atomic E-state index is 0.806. The molecule has 0 aromatic carbocycles. The van der Waals surface area contributed by atoms with Crippen LogP contribution in [0.1, 0.15) is 12.8 Å². The maximum atomic E-state index is 5.39. The van der Waals surface area contributed by atoms with E-state index in [-0.39, 0.29) is 0 Å². The minimum Gasteiger partial charge on any atom is -0.393 e. The lowest BCUT2D eigenvalue weighted by molar-refractivity contribution is 0.0996. The third kappa shape index (κ3) is 10.4. The predicted molar refractivity (Wildman–Crippen MR) is 53.1 cm³/mol. The lowest BCUT2D eigenvalue weighted by atomic mass is 10.4. The molecule has 0 aromatic rings. The van der Waals surface area contributed by atoms with Gasteiger partial charge >= 0.3 is 16.5 Å². The molecule has 0 unspecified atom stereocenters. The number of nitrogens with zero attached hydrogens (tertiary/aromatic N) is 1. The van der Waals surface area contributed by atoms with E-state index in [9.17, 15) is 0 Å². The summed E-state index contributed by atoms with van der Waals surface area (Å²) in [6.45, 7) is 3.69. The summed E-state index contributed by atoms with van der Waals surface area (Å²) in [5.41, 5.74) is 0. The molecule has 0 fully saturated rings. The van der Waals surface area contributed by atoms with Crippen LogP contribution < -0.4 is 0 Å². The zero-order valence-electron chi connectivity index (χ0n) is 8.51. The Bertz CT molecular complexity index is 91.1. The van der Waals surface area contributed by atoms with Crippen LogP contribution in [0.5, 0.6) is 0 Å². The average molecular weight is 189 g/mol. The first kappa shape index (κ1) is 12.4. The van der Waals surface area contributed by atoms with Gasteiger partial charge in [0, 0.05) is 26.9 Å². The zero-order valence-corrected chi connectivity index (χ0v) is 10.5. The van der Waals surface area contributed by atoms with Crippen LogP contribution in [-0.2, 0) is 9.47 Å². The lowest BCUT2D eigenvalue weighted by Crippen LogP contribution is -2.16. The van der Waals surface area contributed by atoms with Crippen molar-refractivity contribution in [2.45, 2.75) is 12.8 Å². The smallest absolute Gasteiger partial charge is 0.321 e. The SMILES string of the molecule is COCCCOCCC[N](C)[AlH2]. The Kier molecular flexibility index (Phi) is 9.83. The molecule has 0 radical (unpaired) electrons. The maximum Gasteiger partial charge on any atom is 0.321 e. The van der Waals surface area contributed by atoms with Gasteiger partial charge in [-0.1, -0.05) is 0 Å². The summed E-state index contributed by atoms with van der Waals surface area (Å²) >= 11 is 1.15. The Morgan fingerprint density at radius 1 is 1.17 bits per heavy atom. The monoisotopic (exact) mass is 189 g/mol. The molecule has 0 rings (SSSR count). The van der Waals surface area contributed by atoms with Crippen molar-refractivity contribution in [2.75, 3.05) is 40.5 Å². The van der Waals surface area contributed by atoms with Crippen LogP contribution in [0.2, 0.25) is 0 Å². The Hall–Kier alpha value is 0.412. The van der Waals surface area contributed by atoms with Crippen molar-refractivity contribution >= 4 is 16.5 Å². The fraction of sp³-hybridized carbons (Fsp3) is 1.00. The molecule has 0 atom stereocenters. The highest BCUT2D eigenvalue weighted by molar-refractivity contribution is 6.04. The number of ether oxygens (including phenoxy) is 2. The highest BCUT2D eigenvalue weighted by Gasteiger charge is 1.91. The zero-order chi connectivity index (χ0) is 9.23. The molecule has 0 saturated carbocycles. The van der Waals surface area contributed by atoms with Gasteiger partial charge in [-0.15, -0.1) is 0 Å². The van der Waals surface area contributed by atoms with Crippen LogP contribution in [0.25, 0.3) is 0 Å². The van der Waals surface area contributed by atoms with E-state index in [4.69, 9.17) is 9.47 Å². The summed E-state index contributed by atoms with van der Waals surface area (Å²) in [5, 5.41) is 0. The number of rotatable bonds is 8. The van der Waals surface area contributed by atoms with E-state index in [1.54, 1.807) is 7.11 Å². The number of hydrogen-bond donors (Lipinski definition) is 0. The molecule has 0 N–H and O–H groups in total. The number of hydrogen-bond acceptors (Lipinski definition) is 3. The fourth-order valence-corrected chi connectivity index (χ4v) is 1.21. The molecule has 0 aromatic heterocycles. The topological polar surface area (TPSA) is 21.7 Å². The van der Waals surface area contributed by atoms with Gasteiger partial charge in [0.15, 0.2) is 0 Å². The molecule has 0 amide bonds. The van der Waals surface area contributed by atoms with E-state index >= 15 is 0 Å². The van der Waals surface area contributed by atoms with Gasteiger partial charge < -0.3 is 13.4 Å². The van der Waals surface area contributed by atoms with E-state index in [1.807, 2.05) is 0 Å². The van der Waals surface area contributed by atoms with E-state index < -0.39 is 0 Å². The Balaban J connectivity index is 2.82. The fourth-order valence-electron chi connectivity index (χ4n) is 0.890. The van der Waals surface area contributed by atoms with Gasteiger partial charge in [-0.25, -0.2) is 0 Å². The second-order valence-electron chi connectivity index (χ2n) is 3.12. The third-order valence-electron chi connectivity index (χ3n) is 1.53. The van der Waals surface area contributed by atoms with Gasteiger partial charge in [0.1, 0.15) is 0 Å². The Labute approximate surface area is 83.7 Å². The van der Waals surface area contributed by atoms with Crippen LogP contribution in [-0.4, -0.2) is 60.9 Å². The van der Waals surface area contributed by atoms with E-state index in [0.29, 0.717) is 0 Å². The van der Waals surface area contributed by atoms with Crippen molar-refractivity contribution in [1.29, 1.82) is 0 Å². The van der Waals surface area contributed by atoms with Crippen molar-refractivity contribution < 1.29 is 9.47 Å². The molecule has 3 nitrogen and oxygen atoms in total. The lowest BCUT2D eigenvalue weighted by Gasteiger charge is -2.09. The highest BCUT2D eigenvalue weighted by Crippen LogP contribution is 1.87. The van der Waals surface area contributed by atoms with E-state index in [2.05, 4.69) is 10.9 Å². The van der Waals surface area contributed by atoms with Crippen LogP contribution in [0.15, 0.2) is 0 Å². The molecule has 4 heteroatoms. The summed E-state index contributed by atoms with van der Waals surface area (Å²) in [6, 6.07) is 0. The van der Waals surface area contributed by atoms with Crippen molar-refractivity contribution in [3.63, 3.8) is 0 Å². The standard InChI is InChI=1S/C8H18NO2.Al.2H/c1-9-5-3-7-11-8-4-6-10-2;;;/h3-8H2,1-2H3;;;/q-1;+1;;. The first-order valence-electron chi connectivity index (χ1n) is 4.48. The summed E-state index contributed by atoms with van der Waals surface area (Å²) in [7, 11) is 3.85. The van der Waals surface area contributed by atoms with Crippen molar-refractivity contribution in [3.05, 3.63) is 0 Å². The first-order chi connectivity index (χ1) is 5.77. The van der Waals surface area contributed by atoms with Crippen molar-refractivity contribution in [3.8, 4) is 0 Å². The summed E-state index contributed by atoms with van der Waals surface area (Å²) in [4.78, 5) is 0. The van der Waals surface area contributed by atoms with Gasteiger partial charge in [-0.2, -0.15) is 0 Å². The molecule has 0 saturated heterocycles. The predicted octanol–water partition coefficient (Wildman–Crippen LogP) is -0.0905. The van der Waals surface area contributed by atoms with Gasteiger partial charge in [0.05, 0.1) is 0 Å². The maximum absolute atomic E-state index is 5.39. The van der Waals surface area contributed by atoms with Gasteiger partial charge in [-0.3, -0.25) is 0 Å². The van der Waals surface area contributed by atoms with Crippen LogP contribution in [0.4, 0.5) is 0 Å². The molecular weight excluding hydrogens is 169 g/mol. The second-order valence-corrected chi connectivity index (χ2v) is 4.64. The highest BCUT2D eigenvalue weighted by atomic mass is 27.1. The average Bonchev–Trinajstić information content (AvgIpc) is 2.02. The normalized spacial score (nSPS) is 10.9. The Morgan fingerprint density at radius 2 is 1.83 bits per heavy atom. The summed E-state index contributed by atoms with van der Waals surface area (Å²) < 4.78 is 12.6. The molecular formula is C8H20AlNO2.